The fraction of sp³-hybridized carbons (Fsp3) is 0.143. The van der Waals surface area contributed by atoms with Gasteiger partial charge in [0.25, 0.3) is 0 Å². The molecule has 0 amide bonds. The third-order valence-corrected chi connectivity index (χ3v) is 1.46. The Kier molecular flexibility index (Phi) is 1.95. The molecule has 0 radical (unpaired) electrons. The van der Waals surface area contributed by atoms with Crippen LogP contribution in [0.4, 0.5) is 17.6 Å². The fourth-order valence-electron chi connectivity index (χ4n) is 0.735. The Morgan fingerprint density at radius 2 is 1.33 bits per heavy atom. The summed E-state index contributed by atoms with van der Waals surface area (Å²) in [6.07, 6.45) is 0. The third kappa shape index (κ3) is 1.01. The third-order valence-electron chi connectivity index (χ3n) is 1.46. The van der Waals surface area contributed by atoms with Gasteiger partial charge in [-0.3, -0.25) is 0 Å². The van der Waals surface area contributed by atoms with Gasteiger partial charge in [0, 0.05) is 5.56 Å². The van der Waals surface area contributed by atoms with Gasteiger partial charge in [-0.15, -0.1) is 0 Å². The molecule has 0 heterocycles. The first-order valence-electron chi connectivity index (χ1n) is 2.98. The maximum Gasteiger partial charge on any atom is 0.206 e. The SMILES string of the molecule is Cc1c(F)c(O)c(F)c(F)c1F. The van der Waals surface area contributed by atoms with Crippen LogP contribution in [-0.4, -0.2) is 5.11 Å². The van der Waals surface area contributed by atoms with Crippen molar-refractivity contribution in [3.8, 4) is 5.75 Å². The predicted molar refractivity (Wildman–Crippen MR) is 32.7 cm³/mol. The highest BCUT2D eigenvalue weighted by atomic mass is 19.2. The average molecular weight is 180 g/mol. The van der Waals surface area contributed by atoms with Crippen molar-refractivity contribution in [1.82, 2.24) is 0 Å². The van der Waals surface area contributed by atoms with Crippen LogP contribution in [-0.2, 0) is 0 Å². The highest BCUT2D eigenvalue weighted by Gasteiger charge is 2.21. The molecule has 0 aliphatic rings. The van der Waals surface area contributed by atoms with E-state index in [0.717, 1.165) is 6.92 Å². The molecule has 0 aromatic heterocycles. The molecule has 0 spiro atoms. The van der Waals surface area contributed by atoms with Crippen molar-refractivity contribution in [3.63, 3.8) is 0 Å². The van der Waals surface area contributed by atoms with Gasteiger partial charge in [-0.2, -0.15) is 4.39 Å². The quantitative estimate of drug-likeness (QED) is 0.369. The van der Waals surface area contributed by atoms with E-state index < -0.39 is 34.6 Å². The van der Waals surface area contributed by atoms with Gasteiger partial charge in [0.2, 0.25) is 5.82 Å². The van der Waals surface area contributed by atoms with Crippen LogP contribution in [0.2, 0.25) is 0 Å². The molecule has 12 heavy (non-hydrogen) atoms. The van der Waals surface area contributed by atoms with Crippen molar-refractivity contribution in [1.29, 1.82) is 0 Å². The van der Waals surface area contributed by atoms with Gasteiger partial charge in [0.15, 0.2) is 23.2 Å². The van der Waals surface area contributed by atoms with E-state index in [9.17, 15) is 17.6 Å². The van der Waals surface area contributed by atoms with E-state index >= 15 is 0 Å². The number of hydrogen-bond acceptors (Lipinski definition) is 1. The van der Waals surface area contributed by atoms with Crippen LogP contribution in [0.3, 0.4) is 0 Å². The van der Waals surface area contributed by atoms with Crippen LogP contribution in [0.25, 0.3) is 0 Å². The molecule has 0 saturated heterocycles. The molecule has 66 valence electrons. The van der Waals surface area contributed by atoms with E-state index in [1.165, 1.54) is 0 Å². The second-order valence-electron chi connectivity index (χ2n) is 2.23. The zero-order valence-electron chi connectivity index (χ0n) is 5.96. The van der Waals surface area contributed by atoms with E-state index in [-0.39, 0.29) is 0 Å². The van der Waals surface area contributed by atoms with Crippen LogP contribution in [0.5, 0.6) is 5.75 Å². The number of phenols is 1. The van der Waals surface area contributed by atoms with Gasteiger partial charge in [-0.05, 0) is 6.92 Å². The van der Waals surface area contributed by atoms with E-state index in [1.807, 2.05) is 0 Å². The highest BCUT2D eigenvalue weighted by Crippen LogP contribution is 2.27. The first-order chi connectivity index (χ1) is 5.46. The number of aromatic hydroxyl groups is 1. The van der Waals surface area contributed by atoms with Crippen molar-refractivity contribution < 1.29 is 22.7 Å². The van der Waals surface area contributed by atoms with Crippen LogP contribution in [0, 0.1) is 30.2 Å². The first kappa shape index (κ1) is 8.83. The Labute approximate surface area is 65.3 Å². The smallest absolute Gasteiger partial charge is 0.206 e. The number of rotatable bonds is 0. The summed E-state index contributed by atoms with van der Waals surface area (Å²) in [6.45, 7) is 0.896. The highest BCUT2D eigenvalue weighted by molar-refractivity contribution is 5.32. The van der Waals surface area contributed by atoms with Gasteiger partial charge in [-0.1, -0.05) is 0 Å². The summed E-state index contributed by atoms with van der Waals surface area (Å²) in [7, 11) is 0. The summed E-state index contributed by atoms with van der Waals surface area (Å²) >= 11 is 0. The Morgan fingerprint density at radius 3 is 1.83 bits per heavy atom. The Bertz CT molecular complexity index is 230. The molecule has 1 N–H and O–H groups in total. The lowest BCUT2D eigenvalue weighted by Gasteiger charge is -2.03. The van der Waals surface area contributed by atoms with Crippen molar-refractivity contribution >= 4 is 0 Å². The lowest BCUT2D eigenvalue weighted by Crippen LogP contribution is -1.98. The Morgan fingerprint density at radius 1 is 0.833 bits per heavy atom. The predicted octanol–water partition coefficient (Wildman–Crippen LogP) is 2.26. The molecule has 0 aliphatic carbocycles. The second kappa shape index (κ2) is 2.66. The number of benzene rings is 1. The van der Waals surface area contributed by atoms with E-state index in [2.05, 4.69) is 0 Å². The van der Waals surface area contributed by atoms with Crippen molar-refractivity contribution in [3.05, 3.63) is 28.8 Å². The topological polar surface area (TPSA) is 20.2 Å². The Balaban J connectivity index is 3.60. The zero-order valence-corrected chi connectivity index (χ0v) is 5.96. The van der Waals surface area contributed by atoms with Crippen molar-refractivity contribution in [2.75, 3.05) is 0 Å². The fourth-order valence-corrected chi connectivity index (χ4v) is 0.735. The largest absolute Gasteiger partial charge is 0.503 e. The molecule has 0 bridgehead atoms. The molecule has 0 unspecified atom stereocenters. The molecule has 1 aromatic rings. The maximum absolute atomic E-state index is 12.5. The second-order valence-corrected chi connectivity index (χ2v) is 2.23. The maximum atomic E-state index is 12.5. The van der Waals surface area contributed by atoms with Gasteiger partial charge in [0.1, 0.15) is 0 Å². The zero-order chi connectivity index (χ0) is 9.46. The summed E-state index contributed by atoms with van der Waals surface area (Å²) < 4.78 is 49.7. The van der Waals surface area contributed by atoms with Crippen LogP contribution < -0.4 is 0 Å². The summed E-state index contributed by atoms with van der Waals surface area (Å²) in [5.74, 6) is -8.37. The number of halogens is 4. The Hall–Kier alpha value is -1.26. The minimum Gasteiger partial charge on any atom is -0.503 e. The van der Waals surface area contributed by atoms with Crippen LogP contribution >= 0.6 is 0 Å². The van der Waals surface area contributed by atoms with E-state index in [1.54, 1.807) is 0 Å². The minimum absolute atomic E-state index is 0.744. The summed E-state index contributed by atoms with van der Waals surface area (Å²) in [4.78, 5) is 0. The van der Waals surface area contributed by atoms with E-state index in [4.69, 9.17) is 5.11 Å². The lowest BCUT2D eigenvalue weighted by molar-refractivity contribution is 0.354. The molecule has 0 atom stereocenters. The van der Waals surface area contributed by atoms with Gasteiger partial charge < -0.3 is 5.11 Å². The normalized spacial score (nSPS) is 10.4. The number of phenolic OH excluding ortho intramolecular Hbond substituents is 1. The van der Waals surface area contributed by atoms with Crippen LogP contribution in [0.15, 0.2) is 0 Å². The summed E-state index contributed by atoms with van der Waals surface area (Å²) in [6, 6.07) is 0. The lowest BCUT2D eigenvalue weighted by atomic mass is 10.2. The molecule has 1 nitrogen and oxygen atoms in total. The summed E-state index contributed by atoms with van der Waals surface area (Å²) in [5.41, 5.74) is -0.744. The molecule has 1 rings (SSSR count). The monoisotopic (exact) mass is 180 g/mol. The van der Waals surface area contributed by atoms with Gasteiger partial charge >= 0.3 is 0 Å². The molecule has 1 aromatic carbocycles. The molecule has 0 saturated carbocycles. The van der Waals surface area contributed by atoms with Gasteiger partial charge in [0.05, 0.1) is 0 Å². The molecule has 0 aliphatic heterocycles. The summed E-state index contributed by atoms with van der Waals surface area (Å²) in [5, 5.41) is 8.54. The molecular weight excluding hydrogens is 176 g/mol. The van der Waals surface area contributed by atoms with Crippen molar-refractivity contribution in [2.45, 2.75) is 6.92 Å². The first-order valence-corrected chi connectivity index (χ1v) is 2.98. The van der Waals surface area contributed by atoms with E-state index in [0.29, 0.717) is 0 Å². The molecular formula is C7H4F4O. The minimum atomic E-state index is -1.91. The molecule has 5 heteroatoms. The standard InChI is InChI=1S/C7H4F4O/c1-2-3(8)5(10)6(11)7(12)4(2)9/h12H,1H3. The van der Waals surface area contributed by atoms with Crippen LogP contribution in [0.1, 0.15) is 5.56 Å². The van der Waals surface area contributed by atoms with Crippen molar-refractivity contribution in [2.24, 2.45) is 0 Å². The average Bonchev–Trinajstić information content (AvgIpc) is 2.08. The number of hydrogen-bond donors (Lipinski definition) is 1. The van der Waals surface area contributed by atoms with Gasteiger partial charge in [-0.25, -0.2) is 13.2 Å². The molecule has 0 fully saturated rings.